The van der Waals surface area contributed by atoms with Gasteiger partial charge in [0.1, 0.15) is 6.10 Å². The first-order valence-electron chi connectivity index (χ1n) is 6.84. The molecule has 0 spiro atoms. The number of rotatable bonds is 10. The van der Waals surface area contributed by atoms with Gasteiger partial charge in [-0.25, -0.2) is 4.79 Å². The molecule has 1 atom stereocenters. The lowest BCUT2D eigenvalue weighted by Gasteiger charge is -2.16. The minimum atomic E-state index is -0.431. The number of ether oxygens (including phenoxy) is 3. The van der Waals surface area contributed by atoms with Crippen LogP contribution in [-0.2, 0) is 25.6 Å². The van der Waals surface area contributed by atoms with Crippen molar-refractivity contribution in [3.8, 4) is 0 Å². The number of carbonyl (C=O) groups is 1. The Morgan fingerprint density at radius 3 is 2.76 bits per heavy atom. The number of benzene rings is 1. The summed E-state index contributed by atoms with van der Waals surface area (Å²) < 4.78 is 15.7. The van der Waals surface area contributed by atoms with E-state index >= 15 is 0 Å². The second kappa shape index (κ2) is 11.3. The summed E-state index contributed by atoms with van der Waals surface area (Å²) >= 11 is 3.40. The molecule has 0 N–H and O–H groups in total. The highest BCUT2D eigenvalue weighted by molar-refractivity contribution is 9.09. The molecule has 0 heterocycles. The summed E-state index contributed by atoms with van der Waals surface area (Å²) in [4.78, 5) is 11.0. The lowest BCUT2D eigenvalue weighted by Crippen LogP contribution is -2.18. The van der Waals surface area contributed by atoms with Gasteiger partial charge in [0.2, 0.25) is 0 Å². The molecule has 0 bridgehead atoms. The second-order valence-electron chi connectivity index (χ2n) is 4.42. The van der Waals surface area contributed by atoms with E-state index in [-0.39, 0.29) is 6.10 Å². The maximum Gasteiger partial charge on any atom is 0.333 e. The van der Waals surface area contributed by atoms with Crippen LogP contribution in [0.25, 0.3) is 0 Å². The molecule has 1 aromatic carbocycles. The Morgan fingerprint density at radius 2 is 2.10 bits per heavy atom. The molecule has 0 aliphatic heterocycles. The van der Waals surface area contributed by atoms with Gasteiger partial charge in [0.25, 0.3) is 0 Å². The molecule has 1 aromatic rings. The predicted molar refractivity (Wildman–Crippen MR) is 85.2 cm³/mol. The Balaban J connectivity index is 2.35. The van der Waals surface area contributed by atoms with Crippen LogP contribution in [0.2, 0.25) is 0 Å². The fraction of sp³-hybridized carbons (Fsp3) is 0.438. The highest BCUT2D eigenvalue weighted by Gasteiger charge is 2.08. The number of methoxy groups -OCH3 is 1. The first-order valence-corrected chi connectivity index (χ1v) is 7.96. The van der Waals surface area contributed by atoms with Crippen molar-refractivity contribution in [3.05, 3.63) is 48.2 Å². The predicted octanol–water partition coefficient (Wildman–Crippen LogP) is 3.45. The van der Waals surface area contributed by atoms with E-state index in [4.69, 9.17) is 9.47 Å². The molecule has 0 fully saturated rings. The lowest BCUT2D eigenvalue weighted by atomic mass is 10.2. The van der Waals surface area contributed by atoms with Crippen molar-refractivity contribution in [1.29, 1.82) is 0 Å². The molecule has 0 saturated carbocycles. The van der Waals surface area contributed by atoms with Crippen LogP contribution in [0.3, 0.4) is 0 Å². The quantitative estimate of drug-likeness (QED) is 0.278. The minimum absolute atomic E-state index is 0.0767. The van der Waals surface area contributed by atoms with E-state index in [1.165, 1.54) is 19.4 Å². The first-order chi connectivity index (χ1) is 10.3. The van der Waals surface area contributed by atoms with E-state index in [9.17, 15) is 4.79 Å². The van der Waals surface area contributed by atoms with Gasteiger partial charge in [-0.1, -0.05) is 46.3 Å². The molecule has 21 heavy (non-hydrogen) atoms. The van der Waals surface area contributed by atoms with Crippen LogP contribution in [0.4, 0.5) is 0 Å². The number of halogens is 1. The highest BCUT2D eigenvalue weighted by Crippen LogP contribution is 2.08. The lowest BCUT2D eigenvalue weighted by molar-refractivity contribution is -0.135. The van der Waals surface area contributed by atoms with Crippen LogP contribution in [0.15, 0.2) is 42.7 Å². The molecule has 0 aliphatic rings. The summed E-state index contributed by atoms with van der Waals surface area (Å²) in [5, 5.41) is 0.909. The average Bonchev–Trinajstić information content (AvgIpc) is 2.52. The maximum atomic E-state index is 11.0. The van der Waals surface area contributed by atoms with Crippen LogP contribution in [0, 0.1) is 0 Å². The van der Waals surface area contributed by atoms with Gasteiger partial charge in [0, 0.05) is 5.33 Å². The SMILES string of the molecule is COC(=O)/C=C/O[C@@H](CCCBr)COCc1ccccc1. The van der Waals surface area contributed by atoms with Crippen molar-refractivity contribution in [2.75, 3.05) is 19.0 Å². The summed E-state index contributed by atoms with van der Waals surface area (Å²) in [7, 11) is 1.33. The van der Waals surface area contributed by atoms with Crippen LogP contribution in [-0.4, -0.2) is 31.1 Å². The molecule has 5 heteroatoms. The van der Waals surface area contributed by atoms with Gasteiger partial charge in [-0.2, -0.15) is 0 Å². The van der Waals surface area contributed by atoms with E-state index in [0.717, 1.165) is 23.7 Å². The molecule has 0 amide bonds. The van der Waals surface area contributed by atoms with Crippen molar-refractivity contribution in [2.45, 2.75) is 25.6 Å². The van der Waals surface area contributed by atoms with Crippen molar-refractivity contribution in [3.63, 3.8) is 0 Å². The van der Waals surface area contributed by atoms with E-state index in [2.05, 4.69) is 20.7 Å². The smallest absolute Gasteiger partial charge is 0.333 e. The zero-order chi connectivity index (χ0) is 15.3. The molecule has 0 aliphatic carbocycles. The number of alkyl halides is 1. The van der Waals surface area contributed by atoms with Gasteiger partial charge < -0.3 is 14.2 Å². The zero-order valence-corrected chi connectivity index (χ0v) is 13.8. The maximum absolute atomic E-state index is 11.0. The van der Waals surface area contributed by atoms with Gasteiger partial charge in [-0.05, 0) is 18.4 Å². The Labute approximate surface area is 134 Å². The van der Waals surface area contributed by atoms with E-state index in [1.54, 1.807) is 0 Å². The Bertz CT molecular complexity index is 420. The van der Waals surface area contributed by atoms with E-state index in [0.29, 0.717) is 13.2 Å². The van der Waals surface area contributed by atoms with Gasteiger partial charge >= 0.3 is 5.97 Å². The van der Waals surface area contributed by atoms with Crippen molar-refractivity contribution >= 4 is 21.9 Å². The summed E-state index contributed by atoms with van der Waals surface area (Å²) in [5.41, 5.74) is 1.13. The molecule has 0 unspecified atom stereocenters. The number of hydrogen-bond donors (Lipinski definition) is 0. The summed E-state index contributed by atoms with van der Waals surface area (Å²) in [6.45, 7) is 1.03. The molecule has 0 radical (unpaired) electrons. The fourth-order valence-electron chi connectivity index (χ4n) is 1.65. The Morgan fingerprint density at radius 1 is 1.33 bits per heavy atom. The minimum Gasteiger partial charge on any atom is -0.495 e. The number of hydrogen-bond acceptors (Lipinski definition) is 4. The van der Waals surface area contributed by atoms with Gasteiger partial charge in [-0.15, -0.1) is 0 Å². The van der Waals surface area contributed by atoms with Crippen molar-refractivity contribution < 1.29 is 19.0 Å². The first kappa shape index (κ1) is 17.7. The van der Waals surface area contributed by atoms with Gasteiger partial charge in [-0.3, -0.25) is 0 Å². The topological polar surface area (TPSA) is 44.8 Å². The highest BCUT2D eigenvalue weighted by atomic mass is 79.9. The van der Waals surface area contributed by atoms with Crippen molar-refractivity contribution in [1.82, 2.24) is 0 Å². The summed E-state index contributed by atoms with van der Waals surface area (Å²) in [6, 6.07) is 9.98. The molecular weight excluding hydrogens is 336 g/mol. The van der Waals surface area contributed by atoms with E-state index < -0.39 is 5.97 Å². The normalized spacial score (nSPS) is 12.3. The third-order valence-corrected chi connectivity index (χ3v) is 3.31. The van der Waals surface area contributed by atoms with Gasteiger partial charge in [0.15, 0.2) is 0 Å². The Hall–Kier alpha value is -1.33. The zero-order valence-electron chi connectivity index (χ0n) is 12.2. The monoisotopic (exact) mass is 356 g/mol. The van der Waals surface area contributed by atoms with Crippen LogP contribution in [0.1, 0.15) is 18.4 Å². The average molecular weight is 357 g/mol. The summed E-state index contributed by atoms with van der Waals surface area (Å²) in [6.07, 6.45) is 4.39. The molecular formula is C16H21BrO4. The third-order valence-electron chi connectivity index (χ3n) is 2.75. The molecule has 1 rings (SSSR count). The molecule has 4 nitrogen and oxygen atoms in total. The standard InChI is InChI=1S/C16H21BrO4/c1-19-16(18)9-11-21-15(8-5-10-17)13-20-12-14-6-3-2-4-7-14/h2-4,6-7,9,11,15H,5,8,10,12-13H2,1H3/b11-9+/t15-/m0/s1. The molecule has 0 aromatic heterocycles. The third kappa shape index (κ3) is 8.52. The van der Waals surface area contributed by atoms with Crippen LogP contribution >= 0.6 is 15.9 Å². The molecule has 0 saturated heterocycles. The largest absolute Gasteiger partial charge is 0.495 e. The number of carbonyl (C=O) groups excluding carboxylic acids is 1. The Kier molecular flexibility index (Phi) is 9.57. The fourth-order valence-corrected chi connectivity index (χ4v) is 1.98. The van der Waals surface area contributed by atoms with Crippen LogP contribution in [0.5, 0.6) is 0 Å². The summed E-state index contributed by atoms with van der Waals surface area (Å²) in [5.74, 6) is -0.431. The van der Waals surface area contributed by atoms with Gasteiger partial charge in [0.05, 0.1) is 32.7 Å². The second-order valence-corrected chi connectivity index (χ2v) is 5.21. The van der Waals surface area contributed by atoms with Crippen molar-refractivity contribution in [2.24, 2.45) is 0 Å². The van der Waals surface area contributed by atoms with E-state index in [1.807, 2.05) is 30.3 Å². The number of esters is 1. The van der Waals surface area contributed by atoms with Crippen LogP contribution < -0.4 is 0 Å². The molecule has 116 valence electrons.